The molecule has 30 heavy (non-hydrogen) atoms. The second-order valence-electron chi connectivity index (χ2n) is 8.07. The SMILES string of the molecule is COC[C@@H](C)n1c(C)cc(C(=O)C[NH+]2CCN(c3ccc([N+](=O)[O-])cc3)CC2)c1C. The number of quaternary nitrogens is 1. The first-order valence-corrected chi connectivity index (χ1v) is 10.3. The molecule has 1 aromatic carbocycles. The first kappa shape index (κ1) is 22.0. The molecule has 0 spiro atoms. The van der Waals surface area contributed by atoms with Gasteiger partial charge in [-0.25, -0.2) is 0 Å². The molecule has 1 N–H and O–H groups in total. The summed E-state index contributed by atoms with van der Waals surface area (Å²) in [6, 6.07) is 8.86. The highest BCUT2D eigenvalue weighted by Gasteiger charge is 2.26. The van der Waals surface area contributed by atoms with E-state index in [4.69, 9.17) is 4.74 Å². The molecule has 162 valence electrons. The summed E-state index contributed by atoms with van der Waals surface area (Å²) in [6.07, 6.45) is 0. The lowest BCUT2D eigenvalue weighted by atomic mass is 10.1. The van der Waals surface area contributed by atoms with Gasteiger partial charge in [-0.2, -0.15) is 0 Å². The van der Waals surface area contributed by atoms with Crippen LogP contribution in [0.3, 0.4) is 0 Å². The zero-order chi connectivity index (χ0) is 21.8. The summed E-state index contributed by atoms with van der Waals surface area (Å²) >= 11 is 0. The van der Waals surface area contributed by atoms with E-state index in [-0.39, 0.29) is 22.4 Å². The van der Waals surface area contributed by atoms with Crippen LogP contribution >= 0.6 is 0 Å². The van der Waals surface area contributed by atoms with Crippen molar-refractivity contribution in [3.8, 4) is 0 Å². The summed E-state index contributed by atoms with van der Waals surface area (Å²) < 4.78 is 7.46. The largest absolute Gasteiger partial charge is 0.383 e. The maximum atomic E-state index is 13.0. The van der Waals surface area contributed by atoms with E-state index in [9.17, 15) is 14.9 Å². The molecule has 0 unspecified atom stereocenters. The normalized spacial score (nSPS) is 15.9. The average molecular weight is 416 g/mol. The summed E-state index contributed by atoms with van der Waals surface area (Å²) in [4.78, 5) is 26.9. The average Bonchev–Trinajstić information content (AvgIpc) is 3.03. The number of ketones is 1. The van der Waals surface area contributed by atoms with Gasteiger partial charge in [0.05, 0.1) is 43.8 Å². The fraction of sp³-hybridized carbons (Fsp3) is 0.500. The number of ether oxygens (including phenoxy) is 1. The summed E-state index contributed by atoms with van der Waals surface area (Å²) in [5, 5.41) is 10.8. The molecule has 8 nitrogen and oxygen atoms in total. The lowest BCUT2D eigenvalue weighted by molar-refractivity contribution is -0.892. The highest BCUT2D eigenvalue weighted by atomic mass is 16.6. The molecule has 0 amide bonds. The van der Waals surface area contributed by atoms with E-state index < -0.39 is 0 Å². The summed E-state index contributed by atoms with van der Waals surface area (Å²) in [7, 11) is 1.69. The lowest BCUT2D eigenvalue weighted by Gasteiger charge is -2.33. The van der Waals surface area contributed by atoms with Gasteiger partial charge in [0.2, 0.25) is 5.78 Å². The van der Waals surface area contributed by atoms with Gasteiger partial charge in [0.15, 0.2) is 0 Å². The Hall–Kier alpha value is -2.71. The van der Waals surface area contributed by atoms with Crippen LogP contribution < -0.4 is 9.80 Å². The third-order valence-electron chi connectivity index (χ3n) is 5.94. The molecule has 1 aromatic heterocycles. The zero-order valence-electron chi connectivity index (χ0n) is 18.2. The number of nitro groups is 1. The quantitative estimate of drug-likeness (QED) is 0.404. The Labute approximate surface area is 177 Å². The van der Waals surface area contributed by atoms with Crippen LogP contribution in [0.4, 0.5) is 11.4 Å². The maximum absolute atomic E-state index is 13.0. The molecule has 1 aliphatic heterocycles. The van der Waals surface area contributed by atoms with Gasteiger partial charge in [-0.3, -0.25) is 14.9 Å². The van der Waals surface area contributed by atoms with Crippen LogP contribution in [0.25, 0.3) is 0 Å². The number of nitrogens with one attached hydrogen (secondary N) is 1. The first-order valence-electron chi connectivity index (χ1n) is 10.3. The predicted octanol–water partition coefficient (Wildman–Crippen LogP) is 1.81. The Bertz CT molecular complexity index is 899. The van der Waals surface area contributed by atoms with Gasteiger partial charge in [0.25, 0.3) is 5.69 Å². The van der Waals surface area contributed by atoms with Crippen LogP contribution in [0.15, 0.2) is 30.3 Å². The number of non-ortho nitro benzene ring substituents is 1. The third kappa shape index (κ3) is 4.71. The summed E-state index contributed by atoms with van der Waals surface area (Å²) in [6.45, 7) is 10.6. The molecule has 8 heteroatoms. The third-order valence-corrected chi connectivity index (χ3v) is 5.94. The number of Topliss-reactive ketones (excluding diaryl/α,β-unsaturated/α-hetero) is 1. The molecule has 1 atom stereocenters. The van der Waals surface area contributed by atoms with Gasteiger partial charge >= 0.3 is 0 Å². The number of benzene rings is 1. The number of aromatic nitrogens is 1. The number of carbonyl (C=O) groups excluding carboxylic acids is 1. The number of aryl methyl sites for hydroxylation is 1. The molecule has 1 saturated heterocycles. The highest BCUT2D eigenvalue weighted by Crippen LogP contribution is 2.21. The van der Waals surface area contributed by atoms with Gasteiger partial charge in [-0.05, 0) is 39.0 Å². The highest BCUT2D eigenvalue weighted by molar-refractivity contribution is 5.98. The molecule has 1 aliphatic rings. The van der Waals surface area contributed by atoms with Crippen molar-refractivity contribution < 1.29 is 19.4 Å². The number of carbonyl (C=O) groups is 1. The number of rotatable bonds is 8. The molecule has 2 aromatic rings. The molecular weight excluding hydrogens is 384 g/mol. The molecule has 2 heterocycles. The topological polar surface area (TPSA) is 82.0 Å². The Morgan fingerprint density at radius 3 is 2.43 bits per heavy atom. The van der Waals surface area contributed by atoms with Crippen LogP contribution in [0.5, 0.6) is 0 Å². The minimum Gasteiger partial charge on any atom is -0.383 e. The minimum atomic E-state index is -0.384. The molecule has 3 rings (SSSR count). The number of methoxy groups -OCH3 is 1. The van der Waals surface area contributed by atoms with Gasteiger partial charge < -0.3 is 19.1 Å². The van der Waals surface area contributed by atoms with E-state index >= 15 is 0 Å². The van der Waals surface area contributed by atoms with E-state index in [1.165, 1.54) is 4.90 Å². The number of hydrogen-bond donors (Lipinski definition) is 1. The fourth-order valence-corrected chi connectivity index (χ4v) is 4.42. The van der Waals surface area contributed by atoms with Gasteiger partial charge in [0.1, 0.15) is 6.54 Å². The Kier molecular flexibility index (Phi) is 6.89. The second-order valence-corrected chi connectivity index (χ2v) is 8.07. The van der Waals surface area contributed by atoms with Gasteiger partial charge in [-0.15, -0.1) is 0 Å². The standard InChI is InChI=1S/C22H30N4O4/c1-16-13-21(18(3)25(16)17(2)15-30-4)22(27)14-23-9-11-24(12-10-23)19-5-7-20(8-6-19)26(28)29/h5-8,13,17H,9-12,14-15H2,1-4H3/p+1/t17-/m1/s1. The number of hydrogen-bond acceptors (Lipinski definition) is 5. The van der Waals surface area contributed by atoms with Crippen molar-refractivity contribution in [1.82, 2.24) is 4.57 Å². The molecular formula is C22H31N4O4+. The van der Waals surface area contributed by atoms with E-state index in [1.807, 2.05) is 19.9 Å². The van der Waals surface area contributed by atoms with Crippen molar-refractivity contribution in [2.75, 3.05) is 51.3 Å². The van der Waals surface area contributed by atoms with Crippen molar-refractivity contribution in [1.29, 1.82) is 0 Å². The van der Waals surface area contributed by atoms with Crippen LogP contribution in [-0.4, -0.2) is 61.7 Å². The molecule has 0 bridgehead atoms. The molecule has 0 radical (unpaired) electrons. The van der Waals surface area contributed by atoms with E-state index in [2.05, 4.69) is 16.4 Å². The van der Waals surface area contributed by atoms with Gasteiger partial charge in [-0.1, -0.05) is 0 Å². The number of piperazine rings is 1. The van der Waals surface area contributed by atoms with Crippen molar-refractivity contribution in [2.45, 2.75) is 26.8 Å². The van der Waals surface area contributed by atoms with E-state index in [0.717, 1.165) is 48.8 Å². The summed E-state index contributed by atoms with van der Waals surface area (Å²) in [5.74, 6) is 0.178. The van der Waals surface area contributed by atoms with Crippen molar-refractivity contribution in [3.05, 3.63) is 57.4 Å². The minimum absolute atomic E-state index is 0.103. The number of nitrogens with zero attached hydrogens (tertiary/aromatic N) is 3. The van der Waals surface area contributed by atoms with Crippen LogP contribution in [0, 0.1) is 24.0 Å². The zero-order valence-corrected chi connectivity index (χ0v) is 18.2. The monoisotopic (exact) mass is 415 g/mol. The maximum Gasteiger partial charge on any atom is 0.269 e. The second kappa shape index (κ2) is 9.40. The van der Waals surface area contributed by atoms with Gasteiger partial charge in [0, 0.05) is 41.9 Å². The molecule has 1 fully saturated rings. The Morgan fingerprint density at radius 2 is 1.87 bits per heavy atom. The molecule has 0 saturated carbocycles. The predicted molar refractivity (Wildman–Crippen MR) is 116 cm³/mol. The van der Waals surface area contributed by atoms with Crippen LogP contribution in [0.2, 0.25) is 0 Å². The lowest BCUT2D eigenvalue weighted by Crippen LogP contribution is -3.15. The van der Waals surface area contributed by atoms with Crippen molar-refractivity contribution in [2.24, 2.45) is 0 Å². The first-order chi connectivity index (χ1) is 14.3. The van der Waals surface area contributed by atoms with E-state index in [0.29, 0.717) is 13.2 Å². The van der Waals surface area contributed by atoms with Crippen LogP contribution in [-0.2, 0) is 4.74 Å². The number of nitro benzene ring substituents is 1. The Balaban J connectivity index is 1.59. The Morgan fingerprint density at radius 1 is 1.23 bits per heavy atom. The van der Waals surface area contributed by atoms with Crippen molar-refractivity contribution in [3.63, 3.8) is 0 Å². The smallest absolute Gasteiger partial charge is 0.269 e. The van der Waals surface area contributed by atoms with Crippen molar-refractivity contribution >= 4 is 17.2 Å². The fourth-order valence-electron chi connectivity index (χ4n) is 4.42. The van der Waals surface area contributed by atoms with E-state index in [1.54, 1.807) is 31.4 Å². The van der Waals surface area contributed by atoms with Crippen LogP contribution in [0.1, 0.15) is 34.7 Å². The summed E-state index contributed by atoms with van der Waals surface area (Å²) in [5.41, 5.74) is 3.98. The number of anilines is 1. The molecule has 0 aliphatic carbocycles.